The lowest BCUT2D eigenvalue weighted by atomic mass is 10.1. The van der Waals surface area contributed by atoms with Gasteiger partial charge in [-0.2, -0.15) is 0 Å². The van der Waals surface area contributed by atoms with Gasteiger partial charge >= 0.3 is 0 Å². The predicted molar refractivity (Wildman–Crippen MR) is 104 cm³/mol. The zero-order valence-electron chi connectivity index (χ0n) is 17.0. The van der Waals surface area contributed by atoms with Crippen molar-refractivity contribution in [3.63, 3.8) is 0 Å². The van der Waals surface area contributed by atoms with Gasteiger partial charge in [0.2, 0.25) is 5.91 Å². The molecule has 0 aromatic rings. The van der Waals surface area contributed by atoms with Crippen LogP contribution in [0.1, 0.15) is 84.0 Å². The summed E-state index contributed by atoms with van der Waals surface area (Å²) in [5, 5.41) is 8.39. The van der Waals surface area contributed by atoms with Gasteiger partial charge in [-0.15, -0.1) is 0 Å². The van der Waals surface area contributed by atoms with E-state index < -0.39 is 0 Å². The van der Waals surface area contributed by atoms with Gasteiger partial charge in [-0.25, -0.2) is 0 Å². The average Bonchev–Trinajstić information content (AvgIpc) is 2.65. The van der Waals surface area contributed by atoms with Crippen LogP contribution in [0.2, 0.25) is 0 Å². The average molecular weight is 376 g/mol. The van der Waals surface area contributed by atoms with Gasteiger partial charge in [0.1, 0.15) is 20.2 Å². The second-order valence-electron chi connectivity index (χ2n) is 6.83. The van der Waals surface area contributed by atoms with Gasteiger partial charge < -0.3 is 24.2 Å². The molecule has 0 bridgehead atoms. The second kappa shape index (κ2) is 20.6. The van der Waals surface area contributed by atoms with E-state index in [-0.39, 0.29) is 32.9 Å². The molecule has 0 aliphatic heterocycles. The minimum Gasteiger partial charge on any atom is -0.371 e. The largest absolute Gasteiger partial charge is 0.371 e. The summed E-state index contributed by atoms with van der Waals surface area (Å²) in [5.41, 5.74) is 0. The van der Waals surface area contributed by atoms with Gasteiger partial charge in [0.15, 0.2) is 6.79 Å². The Kier molecular flexibility index (Phi) is 20.1. The van der Waals surface area contributed by atoms with Crippen molar-refractivity contribution in [2.24, 2.45) is 0 Å². The highest BCUT2D eigenvalue weighted by Gasteiger charge is 2.08. The number of carbonyl (C=O) groups is 1. The molecule has 6 nitrogen and oxygen atoms in total. The normalized spacial score (nSPS) is 11.0. The molecule has 0 aliphatic carbocycles. The lowest BCUT2D eigenvalue weighted by molar-refractivity contribution is -0.165. The fourth-order valence-corrected chi connectivity index (χ4v) is 2.74. The Morgan fingerprint density at radius 1 is 0.769 bits per heavy atom. The maximum atomic E-state index is 11.8. The summed E-state index contributed by atoms with van der Waals surface area (Å²) < 4.78 is 14.6. The van der Waals surface area contributed by atoms with E-state index >= 15 is 0 Å². The smallest absolute Gasteiger partial charge is 0.248 e. The number of rotatable bonds is 20. The van der Waals surface area contributed by atoms with E-state index in [0.717, 1.165) is 13.0 Å². The summed E-state index contributed by atoms with van der Waals surface area (Å²) in [6, 6.07) is 0. The molecule has 6 heteroatoms. The molecule has 0 fully saturated rings. The highest BCUT2D eigenvalue weighted by atomic mass is 16.8. The molecule has 0 aromatic heterocycles. The predicted octanol–water partition coefficient (Wildman–Crippen LogP) is 4.06. The van der Waals surface area contributed by atoms with Crippen molar-refractivity contribution >= 4 is 5.91 Å². The molecular formula is C20H41NO5. The Hall–Kier alpha value is -0.690. The van der Waals surface area contributed by atoms with Gasteiger partial charge in [0.05, 0.1) is 0 Å². The van der Waals surface area contributed by atoms with Gasteiger partial charge in [0, 0.05) is 13.6 Å². The van der Waals surface area contributed by atoms with E-state index in [9.17, 15) is 4.79 Å². The van der Waals surface area contributed by atoms with Crippen molar-refractivity contribution < 1.29 is 24.1 Å². The third-order valence-electron chi connectivity index (χ3n) is 4.42. The summed E-state index contributed by atoms with van der Waals surface area (Å²) in [7, 11) is 1.81. The number of aliphatic hydroxyl groups is 1. The van der Waals surface area contributed by atoms with Gasteiger partial charge in [0.25, 0.3) is 0 Å². The summed E-state index contributed by atoms with van der Waals surface area (Å²) in [5.74, 6) is -0.0419. The van der Waals surface area contributed by atoms with Crippen LogP contribution in [-0.2, 0) is 19.0 Å². The van der Waals surface area contributed by atoms with Gasteiger partial charge in [-0.3, -0.25) is 4.79 Å². The molecule has 0 rings (SSSR count). The van der Waals surface area contributed by atoms with Crippen LogP contribution in [0.5, 0.6) is 0 Å². The lowest BCUT2D eigenvalue weighted by Crippen LogP contribution is -2.31. The fraction of sp³-hybridized carbons (Fsp3) is 0.950. The molecule has 0 unspecified atom stereocenters. The number of hydrogen-bond donors (Lipinski definition) is 1. The molecule has 26 heavy (non-hydrogen) atoms. The van der Waals surface area contributed by atoms with Gasteiger partial charge in [-0.05, 0) is 6.42 Å². The SMILES string of the molecule is CCCCCCCCCCCCCCN(C)C(=O)COCOCOCO. The first-order chi connectivity index (χ1) is 12.7. The number of aliphatic hydroxyl groups excluding tert-OH is 1. The van der Waals surface area contributed by atoms with E-state index in [1.165, 1.54) is 70.6 Å². The third-order valence-corrected chi connectivity index (χ3v) is 4.42. The first kappa shape index (κ1) is 25.3. The number of amides is 1. The molecular weight excluding hydrogens is 334 g/mol. The number of ether oxygens (including phenoxy) is 3. The van der Waals surface area contributed by atoms with Crippen LogP contribution in [0.25, 0.3) is 0 Å². The number of unbranched alkanes of at least 4 members (excludes halogenated alkanes) is 11. The molecule has 1 N–H and O–H groups in total. The molecule has 1 amide bonds. The Bertz CT molecular complexity index is 302. The summed E-state index contributed by atoms with van der Waals surface area (Å²) in [6.45, 7) is 2.59. The highest BCUT2D eigenvalue weighted by molar-refractivity contribution is 5.77. The molecule has 0 spiro atoms. The Morgan fingerprint density at radius 2 is 1.27 bits per heavy atom. The van der Waals surface area contributed by atoms with Crippen molar-refractivity contribution in [2.45, 2.75) is 84.0 Å². The van der Waals surface area contributed by atoms with Crippen LogP contribution < -0.4 is 0 Å². The van der Waals surface area contributed by atoms with E-state index in [0.29, 0.717) is 0 Å². The third kappa shape index (κ3) is 18.1. The van der Waals surface area contributed by atoms with Crippen LogP contribution in [-0.4, -0.2) is 56.5 Å². The topological polar surface area (TPSA) is 68.2 Å². The Balaban J connectivity index is 3.29. The van der Waals surface area contributed by atoms with E-state index in [1.54, 1.807) is 11.9 Å². The second-order valence-corrected chi connectivity index (χ2v) is 6.83. The summed E-state index contributed by atoms with van der Waals surface area (Å²) in [6.07, 6.45) is 15.8. The van der Waals surface area contributed by atoms with E-state index in [1.807, 2.05) is 0 Å². The van der Waals surface area contributed by atoms with Gasteiger partial charge in [-0.1, -0.05) is 77.6 Å². The van der Waals surface area contributed by atoms with Crippen LogP contribution in [0, 0.1) is 0 Å². The molecule has 156 valence electrons. The Morgan fingerprint density at radius 3 is 1.81 bits per heavy atom. The van der Waals surface area contributed by atoms with E-state index in [4.69, 9.17) is 14.6 Å². The standard InChI is InChI=1S/C20H41NO5/c1-3-4-5-6-7-8-9-10-11-12-13-14-15-21(2)20(23)16-24-18-26-19-25-17-22/h22H,3-19H2,1-2H3. The number of carbonyl (C=O) groups excluding carboxylic acids is 1. The quantitative estimate of drug-likeness (QED) is 0.257. The molecule has 0 aromatic carbocycles. The number of hydrogen-bond acceptors (Lipinski definition) is 5. The van der Waals surface area contributed by atoms with Crippen LogP contribution >= 0.6 is 0 Å². The van der Waals surface area contributed by atoms with Crippen LogP contribution in [0.3, 0.4) is 0 Å². The highest BCUT2D eigenvalue weighted by Crippen LogP contribution is 2.12. The maximum absolute atomic E-state index is 11.8. The monoisotopic (exact) mass is 375 g/mol. The summed E-state index contributed by atoms with van der Waals surface area (Å²) in [4.78, 5) is 13.5. The van der Waals surface area contributed by atoms with Crippen molar-refractivity contribution in [1.29, 1.82) is 0 Å². The molecule has 0 saturated heterocycles. The Labute approximate surface area is 160 Å². The van der Waals surface area contributed by atoms with Crippen molar-refractivity contribution in [1.82, 2.24) is 4.90 Å². The molecule has 0 atom stereocenters. The van der Waals surface area contributed by atoms with Crippen LogP contribution in [0.15, 0.2) is 0 Å². The zero-order chi connectivity index (χ0) is 19.3. The van der Waals surface area contributed by atoms with Crippen molar-refractivity contribution in [3.8, 4) is 0 Å². The molecule has 0 aliphatic rings. The van der Waals surface area contributed by atoms with Crippen LogP contribution in [0.4, 0.5) is 0 Å². The lowest BCUT2D eigenvalue weighted by Gasteiger charge is -2.17. The first-order valence-corrected chi connectivity index (χ1v) is 10.3. The van der Waals surface area contributed by atoms with Crippen molar-refractivity contribution in [2.75, 3.05) is 40.6 Å². The fourth-order valence-electron chi connectivity index (χ4n) is 2.74. The first-order valence-electron chi connectivity index (χ1n) is 10.3. The minimum absolute atomic E-state index is 0.00782. The minimum atomic E-state index is -0.388. The maximum Gasteiger partial charge on any atom is 0.248 e. The molecule has 0 saturated carbocycles. The van der Waals surface area contributed by atoms with E-state index in [2.05, 4.69) is 11.7 Å². The molecule has 0 radical (unpaired) electrons. The van der Waals surface area contributed by atoms with Crippen molar-refractivity contribution in [3.05, 3.63) is 0 Å². The molecule has 0 heterocycles. The number of nitrogens with zero attached hydrogens (tertiary/aromatic N) is 1. The number of likely N-dealkylation sites (N-methyl/N-ethyl adjacent to an activating group) is 1. The summed E-state index contributed by atoms with van der Waals surface area (Å²) >= 11 is 0. The zero-order valence-corrected chi connectivity index (χ0v) is 17.0.